The molecule has 208 valence electrons. The maximum absolute atomic E-state index is 14.3. The molecule has 4 N–H and O–H groups in total. The predicted molar refractivity (Wildman–Crippen MR) is 150 cm³/mol. The zero-order valence-electron chi connectivity index (χ0n) is 22.0. The number of nitrogens with zero attached hydrogens (tertiary/aromatic N) is 3. The van der Waals surface area contributed by atoms with Crippen molar-refractivity contribution in [3.8, 4) is 22.3 Å². The van der Waals surface area contributed by atoms with Crippen molar-refractivity contribution in [3.05, 3.63) is 72.6 Å². The van der Waals surface area contributed by atoms with E-state index in [1.54, 1.807) is 18.5 Å². The molecule has 0 unspecified atom stereocenters. The fourth-order valence-electron chi connectivity index (χ4n) is 5.15. The van der Waals surface area contributed by atoms with Gasteiger partial charge < -0.3 is 15.3 Å². The lowest BCUT2D eigenvalue weighted by molar-refractivity contribution is 0.114. The highest BCUT2D eigenvalue weighted by atomic mass is 19.1. The molecular formula is C29H30F2N6O3. The quantitative estimate of drug-likeness (QED) is 0.240. The topological polar surface area (TPSA) is 112 Å². The molecule has 5 rings (SSSR count). The van der Waals surface area contributed by atoms with Crippen LogP contribution >= 0.6 is 0 Å². The smallest absolute Gasteiger partial charge is 0.344 e. The zero-order valence-corrected chi connectivity index (χ0v) is 22.0. The molecule has 1 aliphatic heterocycles. The number of hydrogen-bond acceptors (Lipinski definition) is 7. The van der Waals surface area contributed by atoms with Gasteiger partial charge >= 0.3 is 6.03 Å². The first-order valence-corrected chi connectivity index (χ1v) is 13.0. The number of piperidine rings is 1. The van der Waals surface area contributed by atoms with Gasteiger partial charge in [0.15, 0.2) is 0 Å². The lowest BCUT2D eigenvalue weighted by Gasteiger charge is -2.36. The van der Waals surface area contributed by atoms with Crippen molar-refractivity contribution in [1.82, 2.24) is 20.8 Å². The van der Waals surface area contributed by atoms with Crippen molar-refractivity contribution in [2.75, 3.05) is 43.6 Å². The van der Waals surface area contributed by atoms with Gasteiger partial charge in [-0.05, 0) is 60.4 Å². The van der Waals surface area contributed by atoms with Crippen molar-refractivity contribution < 1.29 is 23.5 Å². The lowest BCUT2D eigenvalue weighted by Crippen LogP contribution is -2.43. The summed E-state index contributed by atoms with van der Waals surface area (Å²) in [7, 11) is 1.34. The molecule has 9 nitrogen and oxygen atoms in total. The van der Waals surface area contributed by atoms with Crippen LogP contribution in [0.5, 0.6) is 0 Å². The first-order chi connectivity index (χ1) is 19.5. The number of amides is 2. The van der Waals surface area contributed by atoms with E-state index in [4.69, 9.17) is 0 Å². The van der Waals surface area contributed by atoms with Crippen LogP contribution < -0.4 is 21.0 Å². The Labute approximate surface area is 230 Å². The molecule has 4 aromatic rings. The monoisotopic (exact) mass is 548 g/mol. The number of hydrogen-bond donors (Lipinski definition) is 4. The summed E-state index contributed by atoms with van der Waals surface area (Å²) in [5.41, 5.74) is 6.23. The van der Waals surface area contributed by atoms with Crippen molar-refractivity contribution in [3.63, 3.8) is 0 Å². The average Bonchev–Trinajstić information content (AvgIpc) is 2.95. The van der Waals surface area contributed by atoms with Crippen LogP contribution in [0.15, 0.2) is 60.9 Å². The molecule has 0 saturated carbocycles. The molecule has 2 amide bonds. The number of benzene rings is 2. The zero-order chi connectivity index (χ0) is 28.1. The van der Waals surface area contributed by atoms with Gasteiger partial charge in [-0.2, -0.15) is 0 Å². The van der Waals surface area contributed by atoms with Gasteiger partial charge in [0.05, 0.1) is 24.9 Å². The number of fused-ring (bicyclic) bond motifs is 1. The summed E-state index contributed by atoms with van der Waals surface area (Å²) in [6.07, 6.45) is 4.91. The van der Waals surface area contributed by atoms with Gasteiger partial charge in [-0.1, -0.05) is 6.07 Å². The van der Waals surface area contributed by atoms with E-state index in [0.717, 1.165) is 41.1 Å². The van der Waals surface area contributed by atoms with E-state index in [-0.39, 0.29) is 12.6 Å². The van der Waals surface area contributed by atoms with E-state index >= 15 is 0 Å². The molecule has 0 atom stereocenters. The van der Waals surface area contributed by atoms with E-state index in [1.165, 1.54) is 19.2 Å². The normalized spacial score (nSPS) is 13.9. The highest BCUT2D eigenvalue weighted by molar-refractivity contribution is 6.02. The number of rotatable bonds is 8. The first kappa shape index (κ1) is 27.4. The SMILES string of the molecule is CONC(=O)Nc1ncccc1-c1ccc2ncc(-c3cc(F)cc(F)c3)c(N3CCC(NCCO)CC3)c2c1. The second-order valence-electron chi connectivity index (χ2n) is 9.51. The number of pyridine rings is 2. The van der Waals surface area contributed by atoms with Crippen molar-refractivity contribution >= 4 is 28.4 Å². The number of nitrogens with one attached hydrogen (secondary N) is 3. The molecule has 40 heavy (non-hydrogen) atoms. The van der Waals surface area contributed by atoms with Crippen LogP contribution in [0.2, 0.25) is 0 Å². The highest BCUT2D eigenvalue weighted by Gasteiger charge is 2.24. The summed E-state index contributed by atoms with van der Waals surface area (Å²) >= 11 is 0. The second kappa shape index (κ2) is 12.3. The lowest BCUT2D eigenvalue weighted by atomic mass is 9.96. The molecular weight excluding hydrogens is 518 g/mol. The standard InChI is InChI=1S/C29H30F2N6O3/c1-40-36-29(39)35-28-23(3-2-8-33-28)18-4-5-26-24(15-18)27(37-10-6-22(7-11-37)32-9-12-38)25(17-34-26)19-13-20(30)16-21(31)14-19/h2-5,8,13-17,22,32,38H,6-7,9-12H2,1H3,(H2,33,35,36,39). The number of carbonyl (C=O) groups is 1. The summed E-state index contributed by atoms with van der Waals surface area (Å²) in [6, 6.07) is 12.5. The van der Waals surface area contributed by atoms with Crippen LogP contribution in [-0.2, 0) is 4.84 Å². The molecule has 2 aromatic heterocycles. The Kier molecular flexibility index (Phi) is 8.44. The molecule has 0 spiro atoms. The molecule has 1 saturated heterocycles. The maximum atomic E-state index is 14.3. The number of anilines is 2. The van der Waals surface area contributed by atoms with Crippen molar-refractivity contribution in [1.29, 1.82) is 0 Å². The van der Waals surface area contributed by atoms with Crippen LogP contribution in [0.1, 0.15) is 12.8 Å². The van der Waals surface area contributed by atoms with Gasteiger partial charge in [-0.25, -0.2) is 24.0 Å². The van der Waals surface area contributed by atoms with E-state index in [2.05, 4.69) is 35.8 Å². The first-order valence-electron chi connectivity index (χ1n) is 13.0. The Bertz CT molecular complexity index is 1490. The predicted octanol–water partition coefficient (Wildman–Crippen LogP) is 4.48. The molecule has 0 radical (unpaired) electrons. The third kappa shape index (κ3) is 6.01. The van der Waals surface area contributed by atoms with Crippen molar-refractivity contribution in [2.45, 2.75) is 18.9 Å². The number of carbonyl (C=O) groups excluding carboxylic acids is 1. The van der Waals surface area contributed by atoms with E-state index < -0.39 is 17.7 Å². The molecule has 2 aromatic carbocycles. The van der Waals surface area contributed by atoms with E-state index in [0.29, 0.717) is 42.1 Å². The molecule has 3 heterocycles. The molecule has 0 aliphatic carbocycles. The third-order valence-corrected chi connectivity index (χ3v) is 6.91. The van der Waals surface area contributed by atoms with Gasteiger partial charge in [-0.3, -0.25) is 15.1 Å². The van der Waals surface area contributed by atoms with Gasteiger partial charge in [0.2, 0.25) is 0 Å². The summed E-state index contributed by atoms with van der Waals surface area (Å²) < 4.78 is 28.6. The summed E-state index contributed by atoms with van der Waals surface area (Å²) in [4.78, 5) is 28.0. The van der Waals surface area contributed by atoms with Crippen LogP contribution in [0, 0.1) is 11.6 Å². The van der Waals surface area contributed by atoms with Crippen LogP contribution in [0.4, 0.5) is 25.1 Å². The maximum Gasteiger partial charge on any atom is 0.344 e. The molecule has 1 fully saturated rings. The Morgan fingerprint density at radius 3 is 2.55 bits per heavy atom. The van der Waals surface area contributed by atoms with Gasteiger partial charge in [0.1, 0.15) is 17.5 Å². The number of urea groups is 1. The van der Waals surface area contributed by atoms with Crippen molar-refractivity contribution in [2.24, 2.45) is 0 Å². The van der Waals surface area contributed by atoms with Gasteiger partial charge in [-0.15, -0.1) is 0 Å². The number of aromatic nitrogens is 2. The Hall–Kier alpha value is -4.19. The third-order valence-electron chi connectivity index (χ3n) is 6.91. The largest absolute Gasteiger partial charge is 0.395 e. The minimum absolute atomic E-state index is 0.0750. The van der Waals surface area contributed by atoms with E-state index in [9.17, 15) is 18.7 Å². The molecule has 1 aliphatic rings. The Morgan fingerprint density at radius 1 is 1.05 bits per heavy atom. The number of aliphatic hydroxyl groups is 1. The second-order valence-corrected chi connectivity index (χ2v) is 9.51. The summed E-state index contributed by atoms with van der Waals surface area (Å²) in [5, 5.41) is 16.0. The van der Waals surface area contributed by atoms with E-state index in [1.807, 2.05) is 24.3 Å². The summed E-state index contributed by atoms with van der Waals surface area (Å²) in [5.74, 6) is -0.991. The highest BCUT2D eigenvalue weighted by Crippen LogP contribution is 2.40. The van der Waals surface area contributed by atoms with Crippen LogP contribution in [0.3, 0.4) is 0 Å². The Balaban J connectivity index is 1.62. The minimum Gasteiger partial charge on any atom is -0.395 e. The average molecular weight is 549 g/mol. The van der Waals surface area contributed by atoms with Gasteiger partial charge in [0.25, 0.3) is 0 Å². The fourth-order valence-corrected chi connectivity index (χ4v) is 5.15. The van der Waals surface area contributed by atoms with Crippen LogP contribution in [0.25, 0.3) is 33.2 Å². The minimum atomic E-state index is -0.665. The fraction of sp³-hybridized carbons (Fsp3) is 0.276. The Morgan fingerprint density at radius 2 is 1.82 bits per heavy atom. The van der Waals surface area contributed by atoms with Crippen LogP contribution in [-0.4, -0.2) is 60.5 Å². The molecule has 0 bridgehead atoms. The number of aliphatic hydroxyl groups excluding tert-OH is 1. The van der Waals surface area contributed by atoms with Gasteiger partial charge in [0, 0.05) is 60.6 Å². The molecule has 11 heteroatoms. The summed E-state index contributed by atoms with van der Waals surface area (Å²) in [6.45, 7) is 2.01. The number of hydroxylamine groups is 1. The number of halogens is 2.